The van der Waals surface area contributed by atoms with Crippen LogP contribution in [0, 0.1) is 3.57 Å². The summed E-state index contributed by atoms with van der Waals surface area (Å²) in [5.41, 5.74) is 0.596. The summed E-state index contributed by atoms with van der Waals surface area (Å²) in [5.74, 6) is -1.50. The predicted octanol–water partition coefficient (Wildman–Crippen LogP) is 3.39. The molecule has 1 aromatic carbocycles. The molecule has 1 heterocycles. The third-order valence-electron chi connectivity index (χ3n) is 2.23. The zero-order chi connectivity index (χ0) is 14.0. The van der Waals surface area contributed by atoms with Crippen LogP contribution in [0.4, 0.5) is 10.8 Å². The standard InChI is InChI=1S/C12H9IN2O3S/c1-6(16)10-9(11(17)18)15-12(19-10)14-8-4-2-3-7(13)5-8/h2-5H,1H3,(H,14,15)(H,17,18). The van der Waals surface area contributed by atoms with Gasteiger partial charge in [-0.15, -0.1) is 0 Å². The number of benzene rings is 1. The van der Waals surface area contributed by atoms with Crippen LogP contribution in [0.5, 0.6) is 0 Å². The van der Waals surface area contributed by atoms with Gasteiger partial charge >= 0.3 is 5.97 Å². The fraction of sp³-hybridized carbons (Fsp3) is 0.0833. The summed E-state index contributed by atoms with van der Waals surface area (Å²) in [7, 11) is 0. The van der Waals surface area contributed by atoms with Crippen molar-refractivity contribution in [1.82, 2.24) is 4.98 Å². The highest BCUT2D eigenvalue weighted by atomic mass is 127. The van der Waals surface area contributed by atoms with Crippen molar-refractivity contribution < 1.29 is 14.7 Å². The second kappa shape index (κ2) is 5.66. The summed E-state index contributed by atoms with van der Waals surface area (Å²) < 4.78 is 1.05. The number of halogens is 1. The molecule has 5 nitrogen and oxygen atoms in total. The van der Waals surface area contributed by atoms with Crippen LogP contribution in [0.3, 0.4) is 0 Å². The molecule has 0 amide bonds. The molecular weight excluding hydrogens is 379 g/mol. The van der Waals surface area contributed by atoms with Gasteiger partial charge in [0.25, 0.3) is 0 Å². The monoisotopic (exact) mass is 388 g/mol. The number of carbonyl (C=O) groups excluding carboxylic acids is 1. The van der Waals surface area contributed by atoms with Gasteiger partial charge < -0.3 is 10.4 Å². The lowest BCUT2D eigenvalue weighted by Gasteiger charge is -2.01. The van der Waals surface area contributed by atoms with E-state index in [4.69, 9.17) is 5.11 Å². The number of hydrogen-bond donors (Lipinski definition) is 2. The number of nitrogens with zero attached hydrogens (tertiary/aromatic N) is 1. The van der Waals surface area contributed by atoms with Gasteiger partial charge in [0.1, 0.15) is 4.88 Å². The Kier molecular flexibility index (Phi) is 4.15. The number of thiazole rings is 1. The Labute approximate surface area is 126 Å². The number of carboxylic acids is 1. The van der Waals surface area contributed by atoms with Crippen LogP contribution < -0.4 is 5.32 Å². The first kappa shape index (κ1) is 13.9. The molecule has 2 N–H and O–H groups in total. The Morgan fingerprint density at radius 1 is 1.42 bits per heavy atom. The molecule has 0 radical (unpaired) electrons. The molecule has 0 aliphatic heterocycles. The van der Waals surface area contributed by atoms with E-state index in [9.17, 15) is 9.59 Å². The molecule has 2 aromatic rings. The van der Waals surface area contributed by atoms with Gasteiger partial charge in [-0.05, 0) is 40.8 Å². The Bertz CT molecular complexity index is 623. The molecule has 0 spiro atoms. The number of ketones is 1. The molecule has 0 fully saturated rings. The van der Waals surface area contributed by atoms with E-state index in [1.807, 2.05) is 24.3 Å². The van der Waals surface area contributed by atoms with Crippen molar-refractivity contribution in [1.29, 1.82) is 0 Å². The Morgan fingerprint density at radius 2 is 2.16 bits per heavy atom. The molecule has 0 atom stereocenters. The maximum absolute atomic E-state index is 11.4. The highest BCUT2D eigenvalue weighted by Crippen LogP contribution is 2.27. The van der Waals surface area contributed by atoms with Gasteiger partial charge in [-0.1, -0.05) is 17.4 Å². The van der Waals surface area contributed by atoms with Crippen LogP contribution in [-0.4, -0.2) is 21.8 Å². The van der Waals surface area contributed by atoms with Crippen molar-refractivity contribution in [3.63, 3.8) is 0 Å². The van der Waals surface area contributed by atoms with E-state index in [0.29, 0.717) is 5.13 Å². The number of Topliss-reactive ketones (excluding diaryl/α,β-unsaturated/α-hetero) is 1. The van der Waals surface area contributed by atoms with E-state index in [-0.39, 0.29) is 16.4 Å². The van der Waals surface area contributed by atoms with Crippen molar-refractivity contribution in [3.8, 4) is 0 Å². The number of aromatic nitrogens is 1. The zero-order valence-electron chi connectivity index (χ0n) is 9.81. The number of anilines is 2. The first-order chi connectivity index (χ1) is 8.97. The minimum absolute atomic E-state index is 0.153. The van der Waals surface area contributed by atoms with Gasteiger partial charge in [0.2, 0.25) is 0 Å². The lowest BCUT2D eigenvalue weighted by Crippen LogP contribution is -2.03. The highest BCUT2D eigenvalue weighted by Gasteiger charge is 2.20. The molecular formula is C12H9IN2O3S. The van der Waals surface area contributed by atoms with Crippen molar-refractivity contribution >= 4 is 56.5 Å². The second-order valence-electron chi connectivity index (χ2n) is 3.69. The average molecular weight is 388 g/mol. The predicted molar refractivity (Wildman–Crippen MR) is 81.5 cm³/mol. The van der Waals surface area contributed by atoms with Crippen LogP contribution >= 0.6 is 33.9 Å². The minimum Gasteiger partial charge on any atom is -0.476 e. The van der Waals surface area contributed by atoms with Gasteiger partial charge in [0.05, 0.1) is 0 Å². The molecule has 0 aliphatic rings. The number of hydrogen-bond acceptors (Lipinski definition) is 5. The molecule has 0 unspecified atom stereocenters. The largest absolute Gasteiger partial charge is 0.476 e. The van der Waals surface area contributed by atoms with Gasteiger partial charge in [0, 0.05) is 16.2 Å². The molecule has 2 rings (SSSR count). The number of nitrogens with one attached hydrogen (secondary N) is 1. The van der Waals surface area contributed by atoms with Crippen molar-refractivity contribution in [2.45, 2.75) is 6.92 Å². The molecule has 7 heteroatoms. The molecule has 0 saturated carbocycles. The van der Waals surface area contributed by atoms with E-state index < -0.39 is 5.97 Å². The van der Waals surface area contributed by atoms with Crippen LogP contribution in [0.15, 0.2) is 24.3 Å². The zero-order valence-corrected chi connectivity index (χ0v) is 12.8. The van der Waals surface area contributed by atoms with Gasteiger partial charge in [-0.3, -0.25) is 4.79 Å². The van der Waals surface area contributed by atoms with Gasteiger partial charge in [-0.2, -0.15) is 0 Å². The summed E-state index contributed by atoms with van der Waals surface area (Å²) in [5, 5.41) is 12.4. The summed E-state index contributed by atoms with van der Waals surface area (Å²) in [6, 6.07) is 7.56. The van der Waals surface area contributed by atoms with E-state index in [1.165, 1.54) is 6.92 Å². The molecule has 1 aromatic heterocycles. The lowest BCUT2D eigenvalue weighted by molar-refractivity contribution is 0.0687. The fourth-order valence-electron chi connectivity index (χ4n) is 1.45. The minimum atomic E-state index is -1.20. The van der Waals surface area contributed by atoms with Gasteiger partial charge in [0.15, 0.2) is 16.6 Å². The molecule has 0 saturated heterocycles. The fourth-order valence-corrected chi connectivity index (χ4v) is 2.86. The van der Waals surface area contributed by atoms with Gasteiger partial charge in [-0.25, -0.2) is 9.78 Å². The Morgan fingerprint density at radius 3 is 2.68 bits per heavy atom. The number of carboxylic acid groups (broad SMARTS) is 1. The van der Waals surface area contributed by atoms with Crippen LogP contribution in [0.1, 0.15) is 27.1 Å². The van der Waals surface area contributed by atoms with Crippen molar-refractivity contribution in [3.05, 3.63) is 38.4 Å². The quantitative estimate of drug-likeness (QED) is 0.620. The van der Waals surface area contributed by atoms with E-state index >= 15 is 0 Å². The van der Waals surface area contributed by atoms with Crippen molar-refractivity contribution in [2.24, 2.45) is 0 Å². The van der Waals surface area contributed by atoms with Crippen LogP contribution in [-0.2, 0) is 0 Å². The third-order valence-corrected chi connectivity index (χ3v) is 3.97. The maximum atomic E-state index is 11.4. The number of rotatable bonds is 4. The molecule has 0 aliphatic carbocycles. The highest BCUT2D eigenvalue weighted by molar-refractivity contribution is 14.1. The normalized spacial score (nSPS) is 10.2. The SMILES string of the molecule is CC(=O)c1sc(Nc2cccc(I)c2)nc1C(=O)O. The van der Waals surface area contributed by atoms with Crippen LogP contribution in [0.25, 0.3) is 0 Å². The summed E-state index contributed by atoms with van der Waals surface area (Å²) in [4.78, 5) is 26.5. The Hall–Kier alpha value is -1.48. The average Bonchev–Trinajstić information content (AvgIpc) is 2.73. The van der Waals surface area contributed by atoms with Crippen molar-refractivity contribution in [2.75, 3.05) is 5.32 Å². The molecule has 98 valence electrons. The number of aromatic carboxylic acids is 1. The summed E-state index contributed by atoms with van der Waals surface area (Å²) in [6.07, 6.45) is 0. The van der Waals surface area contributed by atoms with E-state index in [1.54, 1.807) is 0 Å². The van der Waals surface area contributed by atoms with E-state index in [2.05, 4.69) is 32.9 Å². The second-order valence-corrected chi connectivity index (χ2v) is 5.94. The topological polar surface area (TPSA) is 79.3 Å². The Balaban J connectivity index is 2.34. The first-order valence-electron chi connectivity index (χ1n) is 5.25. The van der Waals surface area contributed by atoms with Crippen LogP contribution in [0.2, 0.25) is 0 Å². The molecule has 0 bridgehead atoms. The van der Waals surface area contributed by atoms with E-state index in [0.717, 1.165) is 20.6 Å². The maximum Gasteiger partial charge on any atom is 0.356 e. The molecule has 19 heavy (non-hydrogen) atoms. The summed E-state index contributed by atoms with van der Waals surface area (Å²) in [6.45, 7) is 1.33. The lowest BCUT2D eigenvalue weighted by atomic mass is 10.3. The smallest absolute Gasteiger partial charge is 0.356 e. The third kappa shape index (κ3) is 3.29. The number of carbonyl (C=O) groups is 2. The first-order valence-corrected chi connectivity index (χ1v) is 7.14. The summed E-state index contributed by atoms with van der Waals surface area (Å²) >= 11 is 3.22.